The van der Waals surface area contributed by atoms with Crippen LogP contribution in [0.2, 0.25) is 0 Å². The number of aliphatic hydroxyl groups excluding tert-OH is 1. The molecule has 172 valence electrons. The molecule has 1 saturated heterocycles. The number of rotatable bonds is 7. The minimum atomic E-state index is -0.753. The molecule has 32 heavy (non-hydrogen) atoms. The van der Waals surface area contributed by atoms with Gasteiger partial charge in [0.15, 0.2) is 5.78 Å². The SMILES string of the molecule is CNC(=O)[C@@H]1C[C@@H](O)CN1C(=O)[C@@H](n1cc(CCC(=O)c2ccccc2)nn1)C(C)(C)C. The van der Waals surface area contributed by atoms with Gasteiger partial charge < -0.3 is 15.3 Å². The first-order chi connectivity index (χ1) is 15.1. The number of carbonyl (C=O) groups is 3. The van der Waals surface area contributed by atoms with E-state index in [1.807, 2.05) is 39.0 Å². The lowest BCUT2D eigenvalue weighted by atomic mass is 9.85. The molecule has 2 amide bonds. The average molecular weight is 442 g/mol. The first-order valence-electron chi connectivity index (χ1n) is 10.8. The number of aryl methyl sites for hydroxylation is 1. The maximum atomic E-state index is 13.5. The zero-order chi connectivity index (χ0) is 23.5. The van der Waals surface area contributed by atoms with Crippen LogP contribution in [-0.2, 0) is 16.0 Å². The molecule has 9 heteroatoms. The molecule has 1 aliphatic heterocycles. The number of Topliss-reactive ketones (excluding diaryl/α,β-unsaturated/α-hetero) is 1. The van der Waals surface area contributed by atoms with Crippen molar-refractivity contribution in [1.82, 2.24) is 25.2 Å². The van der Waals surface area contributed by atoms with Gasteiger partial charge in [0.1, 0.15) is 12.1 Å². The molecule has 0 unspecified atom stereocenters. The van der Waals surface area contributed by atoms with Crippen LogP contribution < -0.4 is 5.32 Å². The lowest BCUT2D eigenvalue weighted by molar-refractivity contribution is -0.144. The highest BCUT2D eigenvalue weighted by molar-refractivity contribution is 5.96. The molecule has 0 saturated carbocycles. The largest absolute Gasteiger partial charge is 0.391 e. The van der Waals surface area contributed by atoms with Gasteiger partial charge in [0.25, 0.3) is 0 Å². The molecular weight excluding hydrogens is 410 g/mol. The van der Waals surface area contributed by atoms with Gasteiger partial charge in [0.05, 0.1) is 11.8 Å². The van der Waals surface area contributed by atoms with Gasteiger partial charge in [-0.25, -0.2) is 4.68 Å². The number of carbonyl (C=O) groups excluding carboxylic acids is 3. The fraction of sp³-hybridized carbons (Fsp3) is 0.522. The number of nitrogens with zero attached hydrogens (tertiary/aromatic N) is 4. The second kappa shape index (κ2) is 9.60. The Balaban J connectivity index is 1.77. The van der Waals surface area contributed by atoms with Crippen molar-refractivity contribution in [3.05, 3.63) is 47.8 Å². The fourth-order valence-electron chi connectivity index (χ4n) is 4.07. The highest BCUT2D eigenvalue weighted by Crippen LogP contribution is 2.34. The summed E-state index contributed by atoms with van der Waals surface area (Å²) >= 11 is 0. The zero-order valence-electron chi connectivity index (χ0n) is 19.0. The van der Waals surface area contributed by atoms with Crippen LogP contribution in [0.5, 0.6) is 0 Å². The number of likely N-dealkylation sites (N-methyl/N-ethyl adjacent to an activating group) is 1. The van der Waals surface area contributed by atoms with Gasteiger partial charge in [0.2, 0.25) is 11.8 Å². The predicted octanol–water partition coefficient (Wildman–Crippen LogP) is 1.39. The van der Waals surface area contributed by atoms with E-state index in [4.69, 9.17) is 0 Å². The summed E-state index contributed by atoms with van der Waals surface area (Å²) in [5.41, 5.74) is 0.735. The molecule has 1 aliphatic rings. The molecule has 2 heterocycles. The summed E-state index contributed by atoms with van der Waals surface area (Å²) in [7, 11) is 1.51. The number of amides is 2. The third kappa shape index (κ3) is 5.21. The van der Waals surface area contributed by atoms with E-state index in [0.29, 0.717) is 17.7 Å². The van der Waals surface area contributed by atoms with Crippen LogP contribution in [-0.4, -0.2) is 68.3 Å². The van der Waals surface area contributed by atoms with Crippen LogP contribution >= 0.6 is 0 Å². The summed E-state index contributed by atoms with van der Waals surface area (Å²) < 4.78 is 1.51. The van der Waals surface area contributed by atoms with E-state index in [1.54, 1.807) is 18.3 Å². The number of hydrogen-bond acceptors (Lipinski definition) is 6. The molecule has 1 fully saturated rings. The highest BCUT2D eigenvalue weighted by atomic mass is 16.3. The molecule has 0 bridgehead atoms. The van der Waals surface area contributed by atoms with Crippen molar-refractivity contribution >= 4 is 17.6 Å². The number of β-amino-alcohol motifs (C(OH)–C–C–N with tert-alkyl or cyclic N) is 1. The summed E-state index contributed by atoms with van der Waals surface area (Å²) in [5.74, 6) is -0.580. The Morgan fingerprint density at radius 1 is 1.22 bits per heavy atom. The van der Waals surface area contributed by atoms with Crippen molar-refractivity contribution in [2.75, 3.05) is 13.6 Å². The molecule has 1 aromatic heterocycles. The van der Waals surface area contributed by atoms with E-state index < -0.39 is 23.6 Å². The first-order valence-corrected chi connectivity index (χ1v) is 10.8. The lowest BCUT2D eigenvalue weighted by Gasteiger charge is -2.34. The molecule has 0 spiro atoms. The topological polar surface area (TPSA) is 117 Å². The second-order valence-corrected chi connectivity index (χ2v) is 9.26. The second-order valence-electron chi connectivity index (χ2n) is 9.26. The maximum absolute atomic E-state index is 13.5. The quantitative estimate of drug-likeness (QED) is 0.627. The normalized spacial score (nSPS) is 19.6. The molecule has 2 aromatic rings. The number of aliphatic hydroxyl groups is 1. The fourth-order valence-corrected chi connectivity index (χ4v) is 4.07. The van der Waals surface area contributed by atoms with Crippen molar-refractivity contribution in [3.8, 4) is 0 Å². The molecule has 3 rings (SSSR count). The molecule has 2 N–H and O–H groups in total. The first kappa shape index (κ1) is 23.6. The summed E-state index contributed by atoms with van der Waals surface area (Å²) in [4.78, 5) is 39.6. The smallest absolute Gasteiger partial charge is 0.248 e. The predicted molar refractivity (Wildman–Crippen MR) is 118 cm³/mol. The zero-order valence-corrected chi connectivity index (χ0v) is 19.0. The van der Waals surface area contributed by atoms with E-state index in [2.05, 4.69) is 15.6 Å². The maximum Gasteiger partial charge on any atom is 0.248 e. The number of likely N-dealkylation sites (tertiary alicyclic amines) is 1. The summed E-state index contributed by atoms with van der Waals surface area (Å²) in [6.07, 6.45) is 1.83. The molecule has 0 aliphatic carbocycles. The van der Waals surface area contributed by atoms with E-state index in [9.17, 15) is 19.5 Å². The Morgan fingerprint density at radius 2 is 1.91 bits per heavy atom. The van der Waals surface area contributed by atoms with Gasteiger partial charge in [-0.15, -0.1) is 5.10 Å². The van der Waals surface area contributed by atoms with Gasteiger partial charge in [-0.2, -0.15) is 0 Å². The average Bonchev–Trinajstić information content (AvgIpc) is 3.37. The third-order valence-electron chi connectivity index (χ3n) is 5.69. The van der Waals surface area contributed by atoms with E-state index >= 15 is 0 Å². The Kier molecular flexibility index (Phi) is 7.08. The Bertz CT molecular complexity index is 966. The van der Waals surface area contributed by atoms with Crippen LogP contribution in [0.15, 0.2) is 36.5 Å². The van der Waals surface area contributed by atoms with Crippen LogP contribution in [0.4, 0.5) is 0 Å². The number of hydrogen-bond donors (Lipinski definition) is 2. The molecule has 9 nitrogen and oxygen atoms in total. The van der Waals surface area contributed by atoms with Crippen molar-refractivity contribution < 1.29 is 19.5 Å². The van der Waals surface area contributed by atoms with Crippen LogP contribution in [0.3, 0.4) is 0 Å². The van der Waals surface area contributed by atoms with Crippen molar-refractivity contribution in [2.45, 2.75) is 58.2 Å². The number of ketones is 1. The van der Waals surface area contributed by atoms with Gasteiger partial charge in [0, 0.05) is 44.6 Å². The monoisotopic (exact) mass is 441 g/mol. The number of aromatic nitrogens is 3. The minimum absolute atomic E-state index is 0.0167. The van der Waals surface area contributed by atoms with Crippen LogP contribution in [0.25, 0.3) is 0 Å². The number of nitrogens with one attached hydrogen (secondary N) is 1. The Hall–Kier alpha value is -3.07. The summed E-state index contributed by atoms with van der Waals surface area (Å²) in [5, 5.41) is 21.0. The third-order valence-corrected chi connectivity index (χ3v) is 5.69. The van der Waals surface area contributed by atoms with Crippen LogP contribution in [0.1, 0.15) is 55.7 Å². The van der Waals surface area contributed by atoms with Gasteiger partial charge in [-0.05, 0) is 5.41 Å². The molecular formula is C23H31N5O4. The standard InChI is InChI=1S/C23H31N5O4/c1-23(2,3)20(22(32)27-14-17(29)12-18(27)21(31)24-4)28-13-16(25-26-28)10-11-19(30)15-8-6-5-7-9-15/h5-9,13,17-18,20,29H,10-12,14H2,1-4H3,(H,24,31)/t17-,18+,20-/m1/s1. The highest BCUT2D eigenvalue weighted by Gasteiger charge is 2.44. The van der Waals surface area contributed by atoms with E-state index in [1.165, 1.54) is 16.6 Å². The van der Waals surface area contributed by atoms with Crippen molar-refractivity contribution in [3.63, 3.8) is 0 Å². The van der Waals surface area contributed by atoms with Crippen LogP contribution in [0, 0.1) is 5.41 Å². The molecule has 1 aromatic carbocycles. The Morgan fingerprint density at radius 3 is 2.53 bits per heavy atom. The number of benzene rings is 1. The van der Waals surface area contributed by atoms with E-state index in [0.717, 1.165) is 0 Å². The Labute approximate surface area is 187 Å². The van der Waals surface area contributed by atoms with Crippen molar-refractivity contribution in [1.29, 1.82) is 0 Å². The van der Waals surface area contributed by atoms with E-state index in [-0.39, 0.29) is 37.0 Å². The summed E-state index contributed by atoms with van der Waals surface area (Å²) in [6, 6.07) is 7.63. The van der Waals surface area contributed by atoms with Gasteiger partial charge >= 0.3 is 0 Å². The summed E-state index contributed by atoms with van der Waals surface area (Å²) in [6.45, 7) is 5.84. The molecule has 0 radical (unpaired) electrons. The van der Waals surface area contributed by atoms with Gasteiger partial charge in [-0.3, -0.25) is 14.4 Å². The molecule has 3 atom stereocenters. The van der Waals surface area contributed by atoms with Gasteiger partial charge in [-0.1, -0.05) is 56.3 Å². The van der Waals surface area contributed by atoms with Crippen molar-refractivity contribution in [2.24, 2.45) is 5.41 Å². The minimum Gasteiger partial charge on any atom is -0.391 e. The lowest BCUT2D eigenvalue weighted by Crippen LogP contribution is -2.49.